The van der Waals surface area contributed by atoms with Gasteiger partial charge in [-0.25, -0.2) is 18.9 Å². The van der Waals surface area contributed by atoms with Gasteiger partial charge in [-0.15, -0.1) is 0 Å². The highest BCUT2D eigenvalue weighted by atomic mass is 36.0. The fraction of sp³-hybridized carbons (Fsp3) is 0.667. The zero-order valence-corrected chi connectivity index (χ0v) is 14.4. The standard InChI is InChI=1S/C6H8ClN2O5P.Cl3OP/c7-15(12,8-1-3-13-5(8)10)9-2-4-14-6(9)11;1-5(2,3)4/h1-4H2;. The van der Waals surface area contributed by atoms with Gasteiger partial charge in [-0.2, -0.15) is 0 Å². The zero-order chi connectivity index (χ0) is 15.6. The number of amides is 2. The van der Waals surface area contributed by atoms with E-state index in [0.29, 0.717) is 0 Å². The highest BCUT2D eigenvalue weighted by Crippen LogP contribution is 2.61. The Kier molecular flexibility index (Phi) is 6.32. The number of hydrogen-bond donors (Lipinski definition) is 0. The van der Waals surface area contributed by atoms with Crippen molar-refractivity contribution in [3.8, 4) is 0 Å². The molecular weight excluding hydrogens is 400 g/mol. The van der Waals surface area contributed by atoms with Crippen molar-refractivity contribution in [1.29, 1.82) is 0 Å². The maximum Gasteiger partial charge on any atom is 0.417 e. The van der Waals surface area contributed by atoms with Crippen LogP contribution < -0.4 is 0 Å². The molecule has 0 atom stereocenters. The lowest BCUT2D eigenvalue weighted by Crippen LogP contribution is -2.30. The third-order valence-corrected chi connectivity index (χ3v) is 5.09. The van der Waals surface area contributed by atoms with E-state index in [1.165, 1.54) is 0 Å². The number of carbonyl (C=O) groups excluding carboxylic acids is 2. The first-order valence-electron chi connectivity index (χ1n) is 4.91. The molecule has 0 saturated carbocycles. The minimum absolute atomic E-state index is 0.114. The van der Waals surface area contributed by atoms with Crippen LogP contribution in [0.2, 0.25) is 0 Å². The molecule has 116 valence electrons. The van der Waals surface area contributed by atoms with Gasteiger partial charge in [0.15, 0.2) is 0 Å². The Balaban J connectivity index is 0.000000347. The summed E-state index contributed by atoms with van der Waals surface area (Å²) in [7, 11) is 0. The van der Waals surface area contributed by atoms with Crippen LogP contribution in [0.3, 0.4) is 0 Å². The summed E-state index contributed by atoms with van der Waals surface area (Å²) in [6.45, 7) is -3.23. The molecule has 0 aromatic rings. The number of nitrogens with zero attached hydrogens (tertiary/aromatic N) is 2. The van der Waals surface area contributed by atoms with E-state index in [4.69, 9.17) is 11.2 Å². The first kappa shape index (κ1) is 18.2. The molecule has 0 aromatic carbocycles. The minimum Gasteiger partial charge on any atom is -0.447 e. The number of rotatable bonds is 2. The van der Waals surface area contributed by atoms with E-state index in [2.05, 4.69) is 43.2 Å². The molecule has 0 aliphatic carbocycles. The Bertz CT molecular complexity index is 460. The van der Waals surface area contributed by atoms with Gasteiger partial charge in [0, 0.05) is 0 Å². The molecule has 2 aliphatic heterocycles. The monoisotopic (exact) mass is 406 g/mol. The Hall–Kier alpha value is 0.160. The molecule has 0 bridgehead atoms. The largest absolute Gasteiger partial charge is 0.447 e. The highest BCUT2D eigenvalue weighted by molar-refractivity contribution is 8.24. The quantitative estimate of drug-likeness (QED) is 0.641. The molecule has 14 heteroatoms. The van der Waals surface area contributed by atoms with E-state index in [0.717, 1.165) is 9.34 Å². The molecule has 0 radical (unpaired) electrons. The zero-order valence-electron chi connectivity index (χ0n) is 9.58. The smallest absolute Gasteiger partial charge is 0.417 e. The molecule has 2 rings (SSSR count). The van der Waals surface area contributed by atoms with Crippen molar-refractivity contribution in [1.82, 2.24) is 9.34 Å². The van der Waals surface area contributed by atoms with Crippen LogP contribution in [0.1, 0.15) is 0 Å². The Morgan fingerprint density at radius 1 is 0.850 bits per heavy atom. The Morgan fingerprint density at radius 2 is 1.15 bits per heavy atom. The van der Waals surface area contributed by atoms with Crippen LogP contribution in [0.15, 0.2) is 0 Å². The van der Waals surface area contributed by atoms with Crippen molar-refractivity contribution in [2.24, 2.45) is 0 Å². The molecule has 20 heavy (non-hydrogen) atoms. The first-order valence-corrected chi connectivity index (χ1v) is 11.9. The molecule has 2 aliphatic rings. The van der Waals surface area contributed by atoms with E-state index >= 15 is 0 Å². The van der Waals surface area contributed by atoms with Crippen LogP contribution in [0.4, 0.5) is 9.59 Å². The first-order chi connectivity index (χ1) is 9.03. The summed E-state index contributed by atoms with van der Waals surface area (Å²) < 4.78 is 32.5. The summed E-state index contributed by atoms with van der Waals surface area (Å²) in [5.74, 6) is 0. The molecule has 0 aromatic heterocycles. The van der Waals surface area contributed by atoms with E-state index in [1.807, 2.05) is 0 Å². The van der Waals surface area contributed by atoms with Crippen molar-refractivity contribution >= 4 is 69.1 Å². The second kappa shape index (κ2) is 6.95. The van der Waals surface area contributed by atoms with Gasteiger partial charge >= 0.3 is 24.2 Å². The third kappa shape index (κ3) is 5.17. The highest BCUT2D eigenvalue weighted by Gasteiger charge is 2.47. The minimum atomic E-state index is -3.71. The molecule has 2 heterocycles. The Labute approximate surface area is 133 Å². The molecule has 2 saturated heterocycles. The van der Waals surface area contributed by atoms with E-state index in [-0.39, 0.29) is 26.3 Å². The van der Waals surface area contributed by atoms with Crippen molar-refractivity contribution in [2.45, 2.75) is 0 Å². The molecule has 8 nitrogen and oxygen atoms in total. The number of hydrogen-bond acceptors (Lipinski definition) is 6. The van der Waals surface area contributed by atoms with Gasteiger partial charge in [-0.3, -0.25) is 9.13 Å². The number of cyclic esters (lactones) is 2. The topological polar surface area (TPSA) is 93.2 Å². The molecule has 2 fully saturated rings. The molecule has 0 unspecified atom stereocenters. The van der Waals surface area contributed by atoms with E-state index < -0.39 is 24.2 Å². The predicted molar refractivity (Wildman–Crippen MR) is 74.7 cm³/mol. The summed E-state index contributed by atoms with van der Waals surface area (Å²) in [6.07, 6.45) is -1.54. The third-order valence-electron chi connectivity index (χ3n) is 2.07. The summed E-state index contributed by atoms with van der Waals surface area (Å²) in [6, 6.07) is 0. The molecule has 2 amide bonds. The number of ether oxygens (including phenoxy) is 2. The van der Waals surface area contributed by atoms with Crippen LogP contribution >= 0.6 is 57.0 Å². The summed E-state index contributed by atoms with van der Waals surface area (Å²) >= 11 is 19.6. The number of halogens is 4. The average molecular weight is 408 g/mol. The lowest BCUT2D eigenvalue weighted by Gasteiger charge is -2.25. The predicted octanol–water partition coefficient (Wildman–Crippen LogP) is 4.05. The maximum absolute atomic E-state index is 12.1. The van der Waals surface area contributed by atoms with Crippen molar-refractivity contribution in [3.05, 3.63) is 0 Å². The van der Waals surface area contributed by atoms with Gasteiger partial charge in [0.05, 0.1) is 13.1 Å². The van der Waals surface area contributed by atoms with Crippen LogP contribution in [0, 0.1) is 0 Å². The van der Waals surface area contributed by atoms with Gasteiger partial charge in [-0.1, -0.05) is 0 Å². The normalized spacial score (nSPS) is 19.4. The van der Waals surface area contributed by atoms with Crippen molar-refractivity contribution in [3.63, 3.8) is 0 Å². The number of carbonyl (C=O) groups is 2. The molecule has 0 N–H and O–H groups in total. The fourth-order valence-corrected chi connectivity index (χ4v) is 3.61. The molecular formula is C6H8Cl4N2O6P2. The van der Waals surface area contributed by atoms with Gasteiger partial charge < -0.3 is 9.47 Å². The lowest BCUT2D eigenvalue weighted by atomic mass is 10.7. The fourth-order valence-electron chi connectivity index (χ4n) is 1.35. The van der Waals surface area contributed by atoms with Gasteiger partial charge in [0.25, 0.3) is 0 Å². The summed E-state index contributed by atoms with van der Waals surface area (Å²) in [4.78, 5) is 22.3. The van der Waals surface area contributed by atoms with Crippen LogP contribution in [-0.4, -0.2) is 47.8 Å². The van der Waals surface area contributed by atoms with Crippen LogP contribution in [0.25, 0.3) is 0 Å². The van der Waals surface area contributed by atoms with Gasteiger partial charge in [0.1, 0.15) is 13.2 Å². The van der Waals surface area contributed by atoms with Crippen LogP contribution in [0.5, 0.6) is 0 Å². The summed E-state index contributed by atoms with van der Waals surface area (Å²) in [5, 5.41) is -3.22. The lowest BCUT2D eigenvalue weighted by molar-refractivity contribution is 0.166. The second-order valence-corrected chi connectivity index (χ2v) is 13.2. The average Bonchev–Trinajstić information content (AvgIpc) is 2.84. The van der Waals surface area contributed by atoms with Crippen molar-refractivity contribution in [2.75, 3.05) is 26.3 Å². The molecule has 0 spiro atoms. The van der Waals surface area contributed by atoms with Gasteiger partial charge in [0.2, 0.25) is 0 Å². The van der Waals surface area contributed by atoms with Crippen molar-refractivity contribution < 1.29 is 28.2 Å². The SMILES string of the molecule is O=C1OCCN1P(=O)(Cl)N1CCOC1=O.O=P(Cl)(Cl)Cl. The second-order valence-electron chi connectivity index (χ2n) is 3.35. The maximum atomic E-state index is 12.1. The van der Waals surface area contributed by atoms with Gasteiger partial charge in [-0.05, 0) is 45.0 Å². The van der Waals surface area contributed by atoms with Crippen LogP contribution in [-0.2, 0) is 18.6 Å². The van der Waals surface area contributed by atoms with E-state index in [1.54, 1.807) is 0 Å². The van der Waals surface area contributed by atoms with E-state index in [9.17, 15) is 18.7 Å². The Morgan fingerprint density at radius 3 is 1.35 bits per heavy atom. The summed E-state index contributed by atoms with van der Waals surface area (Å²) in [5.41, 5.74) is 0.